The SMILES string of the molecule is CCc1cc(C(=O)[O-])c(NC(=O)c2cccc(C)c2)s1. The number of anilines is 1. The van der Waals surface area contributed by atoms with Gasteiger partial charge in [0.15, 0.2) is 0 Å². The van der Waals surface area contributed by atoms with E-state index in [1.54, 1.807) is 24.3 Å². The number of rotatable bonds is 4. The third kappa shape index (κ3) is 3.05. The molecule has 5 heteroatoms. The maximum atomic E-state index is 12.1. The van der Waals surface area contributed by atoms with Gasteiger partial charge in [0.1, 0.15) is 5.00 Å². The third-order valence-electron chi connectivity index (χ3n) is 2.86. The second-order valence-electron chi connectivity index (χ2n) is 4.42. The molecule has 20 heavy (non-hydrogen) atoms. The summed E-state index contributed by atoms with van der Waals surface area (Å²) in [5.74, 6) is -1.60. The van der Waals surface area contributed by atoms with E-state index in [0.717, 1.165) is 10.4 Å². The van der Waals surface area contributed by atoms with Crippen molar-refractivity contribution in [2.45, 2.75) is 20.3 Å². The number of carboxylic acids is 1. The lowest BCUT2D eigenvalue weighted by Crippen LogP contribution is -2.23. The summed E-state index contributed by atoms with van der Waals surface area (Å²) >= 11 is 1.26. The number of carbonyl (C=O) groups is 2. The van der Waals surface area contributed by atoms with Crippen LogP contribution in [0, 0.1) is 6.92 Å². The molecule has 1 amide bonds. The zero-order chi connectivity index (χ0) is 14.7. The topological polar surface area (TPSA) is 69.2 Å². The normalized spacial score (nSPS) is 10.3. The Morgan fingerprint density at radius 3 is 2.65 bits per heavy atom. The van der Waals surface area contributed by atoms with Crippen molar-refractivity contribution in [3.63, 3.8) is 0 Å². The van der Waals surface area contributed by atoms with Gasteiger partial charge in [0.25, 0.3) is 5.91 Å². The number of benzene rings is 1. The van der Waals surface area contributed by atoms with Crippen LogP contribution in [-0.2, 0) is 6.42 Å². The number of carbonyl (C=O) groups excluding carboxylic acids is 2. The third-order valence-corrected chi connectivity index (χ3v) is 4.05. The molecule has 104 valence electrons. The van der Waals surface area contributed by atoms with Crippen LogP contribution in [0.3, 0.4) is 0 Å². The van der Waals surface area contributed by atoms with Crippen molar-refractivity contribution < 1.29 is 14.7 Å². The van der Waals surface area contributed by atoms with Gasteiger partial charge in [-0.1, -0.05) is 24.6 Å². The summed E-state index contributed by atoms with van der Waals surface area (Å²) in [6.07, 6.45) is 0.714. The van der Waals surface area contributed by atoms with E-state index in [1.165, 1.54) is 11.3 Å². The number of amides is 1. The van der Waals surface area contributed by atoms with Crippen LogP contribution in [0.1, 0.15) is 38.1 Å². The molecule has 0 bridgehead atoms. The Morgan fingerprint density at radius 1 is 1.30 bits per heavy atom. The molecule has 1 N–H and O–H groups in total. The van der Waals surface area contributed by atoms with Gasteiger partial charge in [0, 0.05) is 16.0 Å². The van der Waals surface area contributed by atoms with Crippen LogP contribution in [0.25, 0.3) is 0 Å². The second kappa shape index (κ2) is 5.88. The number of nitrogens with one attached hydrogen (secondary N) is 1. The molecule has 4 nitrogen and oxygen atoms in total. The molecule has 2 rings (SSSR count). The molecule has 0 unspecified atom stereocenters. The summed E-state index contributed by atoms with van der Waals surface area (Å²) < 4.78 is 0. The fraction of sp³-hybridized carbons (Fsp3) is 0.200. The molecule has 1 heterocycles. The fourth-order valence-electron chi connectivity index (χ4n) is 1.82. The maximum absolute atomic E-state index is 12.1. The molecule has 0 radical (unpaired) electrons. The highest BCUT2D eigenvalue weighted by molar-refractivity contribution is 7.16. The lowest BCUT2D eigenvalue weighted by molar-refractivity contribution is -0.254. The number of aryl methyl sites for hydroxylation is 2. The number of hydrogen-bond acceptors (Lipinski definition) is 4. The van der Waals surface area contributed by atoms with Crippen LogP contribution in [0.2, 0.25) is 0 Å². The zero-order valence-electron chi connectivity index (χ0n) is 11.2. The van der Waals surface area contributed by atoms with Gasteiger partial charge in [-0.2, -0.15) is 0 Å². The Morgan fingerprint density at radius 2 is 2.05 bits per heavy atom. The first-order valence-electron chi connectivity index (χ1n) is 6.23. The average molecular weight is 288 g/mol. The Balaban J connectivity index is 2.27. The standard InChI is InChI=1S/C15H15NO3S/c1-3-11-8-12(15(18)19)14(20-11)16-13(17)10-6-4-5-9(2)7-10/h4-8H,3H2,1-2H3,(H,16,17)(H,18,19)/p-1. The Labute approximate surface area is 121 Å². The summed E-state index contributed by atoms with van der Waals surface area (Å²) in [7, 11) is 0. The maximum Gasteiger partial charge on any atom is 0.256 e. The van der Waals surface area contributed by atoms with Crippen molar-refractivity contribution in [3.8, 4) is 0 Å². The van der Waals surface area contributed by atoms with E-state index >= 15 is 0 Å². The summed E-state index contributed by atoms with van der Waals surface area (Å²) in [6, 6.07) is 8.67. The lowest BCUT2D eigenvalue weighted by Gasteiger charge is -2.07. The van der Waals surface area contributed by atoms with Crippen molar-refractivity contribution >= 4 is 28.2 Å². The van der Waals surface area contributed by atoms with E-state index in [0.29, 0.717) is 17.0 Å². The molecule has 0 fully saturated rings. The van der Waals surface area contributed by atoms with Crippen LogP contribution in [0.15, 0.2) is 30.3 Å². The summed E-state index contributed by atoms with van der Waals surface area (Å²) in [5, 5.41) is 14.0. The quantitative estimate of drug-likeness (QED) is 0.938. The van der Waals surface area contributed by atoms with Crippen molar-refractivity contribution in [2.75, 3.05) is 5.32 Å². The van der Waals surface area contributed by atoms with Gasteiger partial charge in [-0.25, -0.2) is 0 Å². The molecule has 0 saturated heterocycles. The first-order valence-corrected chi connectivity index (χ1v) is 7.05. The monoisotopic (exact) mass is 288 g/mol. The second-order valence-corrected chi connectivity index (χ2v) is 5.56. The van der Waals surface area contributed by atoms with Crippen LogP contribution < -0.4 is 10.4 Å². The summed E-state index contributed by atoms with van der Waals surface area (Å²) in [5.41, 5.74) is 1.51. The predicted molar refractivity (Wildman–Crippen MR) is 77.2 cm³/mol. The molecule has 1 aromatic heterocycles. The van der Waals surface area contributed by atoms with E-state index in [9.17, 15) is 14.7 Å². The van der Waals surface area contributed by atoms with E-state index < -0.39 is 5.97 Å². The van der Waals surface area contributed by atoms with Gasteiger partial charge in [-0.05, 0) is 31.5 Å². The Kier molecular flexibility index (Phi) is 4.20. The summed E-state index contributed by atoms with van der Waals surface area (Å²) in [6.45, 7) is 3.82. The van der Waals surface area contributed by atoms with Crippen LogP contribution >= 0.6 is 11.3 Å². The molecule has 0 aliphatic carbocycles. The highest BCUT2D eigenvalue weighted by Gasteiger charge is 2.13. The molecule has 0 atom stereocenters. The molecular formula is C15H14NO3S-. The first-order chi connectivity index (χ1) is 9.51. The molecule has 0 spiro atoms. The number of aromatic carboxylic acids is 1. The van der Waals surface area contributed by atoms with Gasteiger partial charge in [0.05, 0.1) is 5.97 Å². The van der Waals surface area contributed by atoms with E-state index in [1.807, 2.05) is 19.9 Å². The fourth-order valence-corrected chi connectivity index (χ4v) is 2.80. The van der Waals surface area contributed by atoms with Crippen LogP contribution in [0.4, 0.5) is 5.00 Å². The Hall–Kier alpha value is -2.14. The minimum absolute atomic E-state index is 0.0350. The minimum atomic E-state index is -1.28. The Bertz CT molecular complexity index is 661. The highest BCUT2D eigenvalue weighted by atomic mass is 32.1. The van der Waals surface area contributed by atoms with E-state index in [4.69, 9.17) is 0 Å². The van der Waals surface area contributed by atoms with Gasteiger partial charge >= 0.3 is 0 Å². The molecule has 0 aliphatic heterocycles. The number of carboxylic acid groups (broad SMARTS) is 1. The van der Waals surface area contributed by atoms with E-state index in [-0.39, 0.29) is 11.5 Å². The van der Waals surface area contributed by atoms with Crippen molar-refractivity contribution in [2.24, 2.45) is 0 Å². The van der Waals surface area contributed by atoms with Crippen molar-refractivity contribution in [1.29, 1.82) is 0 Å². The molecular weight excluding hydrogens is 274 g/mol. The number of thiophene rings is 1. The highest BCUT2D eigenvalue weighted by Crippen LogP contribution is 2.28. The summed E-state index contributed by atoms with van der Waals surface area (Å²) in [4.78, 5) is 24.1. The van der Waals surface area contributed by atoms with Crippen molar-refractivity contribution in [3.05, 3.63) is 51.9 Å². The van der Waals surface area contributed by atoms with Crippen LogP contribution in [0.5, 0.6) is 0 Å². The smallest absolute Gasteiger partial charge is 0.256 e. The van der Waals surface area contributed by atoms with Gasteiger partial charge in [-0.15, -0.1) is 11.3 Å². The zero-order valence-corrected chi connectivity index (χ0v) is 12.0. The van der Waals surface area contributed by atoms with Gasteiger partial charge in [0.2, 0.25) is 0 Å². The molecule has 2 aromatic rings. The average Bonchev–Trinajstić information content (AvgIpc) is 2.82. The number of hydrogen-bond donors (Lipinski definition) is 1. The first kappa shape index (κ1) is 14.3. The largest absolute Gasteiger partial charge is 0.545 e. The minimum Gasteiger partial charge on any atom is -0.545 e. The van der Waals surface area contributed by atoms with Gasteiger partial charge < -0.3 is 15.2 Å². The predicted octanol–water partition coefficient (Wildman–Crippen LogP) is 2.23. The molecule has 0 aliphatic rings. The molecule has 0 saturated carbocycles. The van der Waals surface area contributed by atoms with Crippen molar-refractivity contribution in [1.82, 2.24) is 0 Å². The van der Waals surface area contributed by atoms with Crippen LogP contribution in [-0.4, -0.2) is 11.9 Å². The lowest BCUT2D eigenvalue weighted by atomic mass is 10.1. The molecule has 1 aromatic carbocycles. The van der Waals surface area contributed by atoms with E-state index in [2.05, 4.69) is 5.32 Å². The van der Waals surface area contributed by atoms with Gasteiger partial charge in [-0.3, -0.25) is 4.79 Å².